The van der Waals surface area contributed by atoms with Crippen LogP contribution >= 0.6 is 0 Å². The van der Waals surface area contributed by atoms with E-state index in [1.165, 1.54) is 18.4 Å². The molecule has 1 aliphatic rings. The number of aromatic nitrogens is 3. The van der Waals surface area contributed by atoms with Crippen LogP contribution in [0.4, 0.5) is 0 Å². The minimum Gasteiger partial charge on any atom is -0.497 e. The average Bonchev–Trinajstić information content (AvgIpc) is 3.37. The van der Waals surface area contributed by atoms with Gasteiger partial charge in [0.1, 0.15) is 11.5 Å². The minimum atomic E-state index is 0.244. The molecule has 4 rings (SSSR count). The maximum absolute atomic E-state index is 5.49. The van der Waals surface area contributed by atoms with E-state index < -0.39 is 0 Å². The number of rotatable bonds is 6. The molecule has 2 aromatic heterocycles. The van der Waals surface area contributed by atoms with Crippen molar-refractivity contribution < 1.29 is 14.0 Å². The molecule has 0 radical (unpaired) electrons. The molecule has 0 spiro atoms. The number of aryl methyl sites for hydroxylation is 1. The van der Waals surface area contributed by atoms with Crippen LogP contribution in [-0.2, 0) is 6.54 Å². The lowest BCUT2D eigenvalue weighted by Gasteiger charge is -2.35. The van der Waals surface area contributed by atoms with Crippen LogP contribution in [0.5, 0.6) is 11.5 Å². The molecule has 0 unspecified atom stereocenters. The second-order valence-corrected chi connectivity index (χ2v) is 7.23. The lowest BCUT2D eigenvalue weighted by atomic mass is 9.95. The Bertz CT molecular complexity index is 911. The molecule has 7 nitrogen and oxygen atoms in total. The fourth-order valence-electron chi connectivity index (χ4n) is 3.94. The van der Waals surface area contributed by atoms with E-state index in [1.54, 1.807) is 14.2 Å². The number of methoxy groups -OCH3 is 2. The van der Waals surface area contributed by atoms with Crippen LogP contribution in [0.2, 0.25) is 0 Å². The maximum Gasteiger partial charge on any atom is 0.170 e. The summed E-state index contributed by atoms with van der Waals surface area (Å²) in [5, 5.41) is 11.5. The van der Waals surface area contributed by atoms with E-state index in [-0.39, 0.29) is 6.04 Å². The number of nitrogens with zero attached hydrogens (tertiary/aromatic N) is 3. The van der Waals surface area contributed by atoms with Gasteiger partial charge in [-0.25, -0.2) is 0 Å². The Balaban J connectivity index is 1.62. The predicted molar refractivity (Wildman–Crippen MR) is 105 cm³/mol. The molecule has 28 heavy (non-hydrogen) atoms. The first-order chi connectivity index (χ1) is 13.7. The van der Waals surface area contributed by atoms with Crippen molar-refractivity contribution in [1.29, 1.82) is 0 Å². The monoisotopic (exact) mass is 382 g/mol. The summed E-state index contributed by atoms with van der Waals surface area (Å²) in [5.41, 5.74) is 4.11. The number of piperidine rings is 1. The van der Waals surface area contributed by atoms with Gasteiger partial charge < -0.3 is 14.0 Å². The number of benzene rings is 1. The first-order valence-electron chi connectivity index (χ1n) is 9.61. The quantitative estimate of drug-likeness (QED) is 0.691. The average molecular weight is 382 g/mol. The lowest BCUT2D eigenvalue weighted by molar-refractivity contribution is 0.137. The number of nitrogens with one attached hydrogen (secondary N) is 1. The predicted octanol–water partition coefficient (Wildman–Crippen LogP) is 4.12. The highest BCUT2D eigenvalue weighted by Gasteiger charge is 2.29. The zero-order chi connectivity index (χ0) is 19.5. The molecule has 1 atom stereocenters. The summed E-state index contributed by atoms with van der Waals surface area (Å²) >= 11 is 0. The molecule has 1 N–H and O–H groups in total. The van der Waals surface area contributed by atoms with Gasteiger partial charge in [-0.3, -0.25) is 10.00 Å². The van der Waals surface area contributed by atoms with Gasteiger partial charge in [0.25, 0.3) is 0 Å². The highest BCUT2D eigenvalue weighted by atomic mass is 16.5. The number of hydrogen-bond donors (Lipinski definition) is 1. The lowest BCUT2D eigenvalue weighted by Crippen LogP contribution is -2.33. The van der Waals surface area contributed by atoms with E-state index in [9.17, 15) is 0 Å². The van der Waals surface area contributed by atoms with Gasteiger partial charge >= 0.3 is 0 Å². The third-order valence-corrected chi connectivity index (χ3v) is 5.31. The zero-order valence-corrected chi connectivity index (χ0v) is 16.6. The summed E-state index contributed by atoms with van der Waals surface area (Å²) < 4.78 is 16.4. The van der Waals surface area contributed by atoms with Crippen molar-refractivity contribution in [3.8, 4) is 22.8 Å². The van der Waals surface area contributed by atoms with Crippen molar-refractivity contribution in [2.24, 2.45) is 0 Å². The summed E-state index contributed by atoms with van der Waals surface area (Å²) in [5.74, 6) is 2.37. The topological polar surface area (TPSA) is 76.4 Å². The fourth-order valence-corrected chi connectivity index (χ4v) is 3.94. The summed E-state index contributed by atoms with van der Waals surface area (Å²) in [6, 6.07) is 8.24. The molecule has 1 aromatic carbocycles. The number of aromatic amines is 1. The van der Waals surface area contributed by atoms with Crippen LogP contribution < -0.4 is 9.47 Å². The summed E-state index contributed by atoms with van der Waals surface area (Å²) in [6.45, 7) is 3.76. The van der Waals surface area contributed by atoms with Crippen LogP contribution in [0.3, 0.4) is 0 Å². The minimum absolute atomic E-state index is 0.244. The molecule has 3 aromatic rings. The summed E-state index contributed by atoms with van der Waals surface area (Å²) in [6.07, 6.45) is 5.28. The third kappa shape index (κ3) is 3.75. The molecule has 148 valence electrons. The molecule has 0 aliphatic carbocycles. The Morgan fingerprint density at radius 2 is 1.93 bits per heavy atom. The molecule has 1 saturated heterocycles. The van der Waals surface area contributed by atoms with Gasteiger partial charge in [0.05, 0.1) is 43.4 Å². The number of ether oxygens (including phenoxy) is 2. The molecule has 0 amide bonds. The third-order valence-electron chi connectivity index (χ3n) is 5.31. The van der Waals surface area contributed by atoms with E-state index in [0.717, 1.165) is 53.7 Å². The molecule has 3 heterocycles. The second-order valence-electron chi connectivity index (χ2n) is 7.23. The van der Waals surface area contributed by atoms with Crippen molar-refractivity contribution in [2.45, 2.75) is 38.8 Å². The van der Waals surface area contributed by atoms with E-state index in [0.29, 0.717) is 0 Å². The van der Waals surface area contributed by atoms with Crippen LogP contribution in [0, 0.1) is 6.92 Å². The first-order valence-corrected chi connectivity index (χ1v) is 9.61. The summed E-state index contributed by atoms with van der Waals surface area (Å²) in [7, 11) is 3.36. The Kier molecular flexibility index (Phi) is 5.34. The zero-order valence-electron chi connectivity index (χ0n) is 16.6. The standard InChI is InChI=1S/C21H26N4O3/c1-14-8-20(28-24-14)18-12-22-23-21(18)19-6-4-5-7-25(19)13-15-9-16(26-2)11-17(10-15)27-3/h8-12,19H,4-7,13H2,1-3H3,(H,22,23)/t19-/m0/s1. The maximum atomic E-state index is 5.49. The van der Waals surface area contributed by atoms with Gasteiger partial charge in [0, 0.05) is 18.7 Å². The fraction of sp³-hybridized carbons (Fsp3) is 0.429. The van der Waals surface area contributed by atoms with Crippen molar-refractivity contribution in [3.05, 3.63) is 47.4 Å². The van der Waals surface area contributed by atoms with Gasteiger partial charge in [-0.15, -0.1) is 0 Å². The van der Waals surface area contributed by atoms with E-state index in [2.05, 4.69) is 32.4 Å². The Morgan fingerprint density at radius 3 is 2.61 bits per heavy atom. The van der Waals surface area contributed by atoms with Crippen LogP contribution in [0.1, 0.15) is 42.3 Å². The molecule has 7 heteroatoms. The van der Waals surface area contributed by atoms with Crippen LogP contribution in [0.25, 0.3) is 11.3 Å². The molecule has 1 fully saturated rings. The second kappa shape index (κ2) is 8.06. The van der Waals surface area contributed by atoms with Gasteiger partial charge in [0.15, 0.2) is 5.76 Å². The van der Waals surface area contributed by atoms with E-state index >= 15 is 0 Å². The van der Waals surface area contributed by atoms with Crippen molar-refractivity contribution in [1.82, 2.24) is 20.3 Å². The number of hydrogen-bond acceptors (Lipinski definition) is 6. The van der Waals surface area contributed by atoms with E-state index in [4.69, 9.17) is 14.0 Å². The highest BCUT2D eigenvalue weighted by molar-refractivity contribution is 5.60. The first kappa shape index (κ1) is 18.6. The number of H-pyrrole nitrogens is 1. The van der Waals surface area contributed by atoms with Gasteiger partial charge in [0.2, 0.25) is 0 Å². The molecular weight excluding hydrogens is 356 g/mol. The summed E-state index contributed by atoms with van der Waals surface area (Å²) in [4.78, 5) is 2.48. The smallest absolute Gasteiger partial charge is 0.170 e. The van der Waals surface area contributed by atoms with Gasteiger partial charge in [-0.05, 0) is 44.0 Å². The largest absolute Gasteiger partial charge is 0.497 e. The van der Waals surface area contributed by atoms with Crippen molar-refractivity contribution >= 4 is 0 Å². The molecule has 1 aliphatic heterocycles. The van der Waals surface area contributed by atoms with Crippen molar-refractivity contribution in [3.63, 3.8) is 0 Å². The van der Waals surface area contributed by atoms with Gasteiger partial charge in [-0.1, -0.05) is 11.6 Å². The molecular formula is C21H26N4O3. The molecule has 0 saturated carbocycles. The Hall–Kier alpha value is -2.80. The normalized spacial score (nSPS) is 17.6. The SMILES string of the molecule is COc1cc(CN2CCCC[C@H]2c2[nH]ncc2-c2cc(C)no2)cc(OC)c1. The molecule has 0 bridgehead atoms. The van der Waals surface area contributed by atoms with E-state index in [1.807, 2.05) is 25.3 Å². The van der Waals surface area contributed by atoms with Gasteiger partial charge in [-0.2, -0.15) is 5.10 Å². The van der Waals surface area contributed by atoms with Crippen molar-refractivity contribution in [2.75, 3.05) is 20.8 Å². The Labute approximate surface area is 164 Å². The number of likely N-dealkylation sites (tertiary alicyclic amines) is 1. The highest BCUT2D eigenvalue weighted by Crippen LogP contribution is 2.37. The van der Waals surface area contributed by atoms with Crippen LogP contribution in [0.15, 0.2) is 35.0 Å². The van der Waals surface area contributed by atoms with Crippen LogP contribution in [-0.4, -0.2) is 41.0 Å². The Morgan fingerprint density at radius 1 is 1.14 bits per heavy atom.